The quantitative estimate of drug-likeness (QED) is 0.845. The number of rotatable bonds is 3. The van der Waals surface area contributed by atoms with E-state index in [9.17, 15) is 9.90 Å². The summed E-state index contributed by atoms with van der Waals surface area (Å²) in [7, 11) is 0. The molecule has 0 amide bonds. The number of aliphatic carboxylic acids is 1. The first-order chi connectivity index (χ1) is 8.55. The monoisotopic (exact) mass is 266 g/mol. The number of hydrogen-bond acceptors (Lipinski definition) is 1. The molecule has 1 aromatic carbocycles. The van der Waals surface area contributed by atoms with Crippen LogP contribution in [-0.4, -0.2) is 16.5 Å². The Labute approximate surface area is 113 Å². The number of hydrogen-bond donors (Lipinski definition) is 1. The molecule has 3 unspecified atom stereocenters. The van der Waals surface area contributed by atoms with Gasteiger partial charge in [0, 0.05) is 5.38 Å². The summed E-state index contributed by atoms with van der Waals surface area (Å²) in [5.74, 6) is -0.627. The van der Waals surface area contributed by atoms with Gasteiger partial charge in [0.1, 0.15) is 0 Å². The highest BCUT2D eigenvalue weighted by Gasteiger charge is 2.44. The molecule has 2 nitrogen and oxygen atoms in total. The summed E-state index contributed by atoms with van der Waals surface area (Å²) in [5.41, 5.74) is 0.0581. The van der Waals surface area contributed by atoms with Gasteiger partial charge in [-0.15, -0.1) is 11.6 Å². The number of halogens is 1. The van der Waals surface area contributed by atoms with Crippen molar-refractivity contribution in [1.82, 2.24) is 0 Å². The third-order valence-electron chi connectivity index (χ3n) is 4.24. The Balaban J connectivity index is 2.35. The van der Waals surface area contributed by atoms with Crippen LogP contribution in [-0.2, 0) is 10.2 Å². The van der Waals surface area contributed by atoms with E-state index in [1.165, 1.54) is 0 Å². The maximum absolute atomic E-state index is 11.8. The number of carboxylic acid groups (broad SMARTS) is 1. The number of alkyl halides is 1. The maximum atomic E-state index is 11.8. The molecule has 0 aromatic heterocycles. The lowest BCUT2D eigenvalue weighted by Crippen LogP contribution is -2.42. The average Bonchev–Trinajstić information content (AvgIpc) is 2.38. The summed E-state index contributed by atoms with van der Waals surface area (Å²) in [5, 5.41) is 9.80. The lowest BCUT2D eigenvalue weighted by molar-refractivity contribution is -0.146. The molecule has 3 heteroatoms. The first-order valence-electron chi connectivity index (χ1n) is 6.48. The van der Waals surface area contributed by atoms with E-state index in [1.54, 1.807) is 0 Å². The van der Waals surface area contributed by atoms with Gasteiger partial charge >= 0.3 is 5.97 Å². The van der Waals surface area contributed by atoms with Crippen LogP contribution >= 0.6 is 11.6 Å². The summed E-state index contributed by atoms with van der Waals surface area (Å²) < 4.78 is 0. The van der Waals surface area contributed by atoms with Gasteiger partial charge in [-0.1, -0.05) is 36.8 Å². The molecule has 1 N–H and O–H groups in total. The fourth-order valence-corrected chi connectivity index (χ4v) is 3.34. The van der Waals surface area contributed by atoms with Gasteiger partial charge in [0.15, 0.2) is 0 Å². The lowest BCUT2D eigenvalue weighted by atomic mass is 9.66. The largest absolute Gasteiger partial charge is 0.481 e. The van der Waals surface area contributed by atoms with Crippen molar-refractivity contribution in [2.24, 2.45) is 5.92 Å². The zero-order valence-electron chi connectivity index (χ0n) is 10.6. The molecule has 1 aliphatic carbocycles. The van der Waals surface area contributed by atoms with Crippen LogP contribution in [0.4, 0.5) is 0 Å². The molecule has 0 spiro atoms. The Hall–Kier alpha value is -1.02. The van der Waals surface area contributed by atoms with Crippen molar-refractivity contribution in [3.8, 4) is 0 Å². The van der Waals surface area contributed by atoms with Crippen LogP contribution in [0.15, 0.2) is 30.3 Å². The Kier molecular flexibility index (Phi) is 3.96. The predicted molar refractivity (Wildman–Crippen MR) is 73.0 cm³/mol. The highest BCUT2D eigenvalue weighted by atomic mass is 35.5. The Morgan fingerprint density at radius 3 is 2.56 bits per heavy atom. The van der Waals surface area contributed by atoms with Crippen molar-refractivity contribution in [2.45, 2.75) is 43.4 Å². The summed E-state index contributed by atoms with van der Waals surface area (Å²) in [6, 6.07) is 9.53. The molecule has 0 radical (unpaired) electrons. The molecular weight excluding hydrogens is 248 g/mol. The van der Waals surface area contributed by atoms with Crippen molar-refractivity contribution < 1.29 is 9.90 Å². The van der Waals surface area contributed by atoms with Gasteiger partial charge in [-0.3, -0.25) is 4.79 Å². The van der Waals surface area contributed by atoms with E-state index in [0.29, 0.717) is 0 Å². The van der Waals surface area contributed by atoms with Crippen LogP contribution in [0.5, 0.6) is 0 Å². The van der Waals surface area contributed by atoms with Crippen molar-refractivity contribution in [2.75, 3.05) is 0 Å². The minimum Gasteiger partial charge on any atom is -0.481 e. The van der Waals surface area contributed by atoms with E-state index < -0.39 is 11.4 Å². The smallest absolute Gasteiger partial charge is 0.314 e. The van der Waals surface area contributed by atoms with Crippen molar-refractivity contribution in [3.05, 3.63) is 35.9 Å². The van der Waals surface area contributed by atoms with E-state index in [4.69, 9.17) is 11.6 Å². The van der Waals surface area contributed by atoms with Gasteiger partial charge in [0.25, 0.3) is 0 Å². The van der Waals surface area contributed by atoms with Crippen LogP contribution < -0.4 is 0 Å². The SMILES string of the molecule is CC(C(=O)O)(c1ccccc1)C1CCCC(Cl)C1. The lowest BCUT2D eigenvalue weighted by Gasteiger charge is -2.38. The molecule has 1 aliphatic rings. The fourth-order valence-electron chi connectivity index (χ4n) is 2.97. The second kappa shape index (κ2) is 5.31. The topological polar surface area (TPSA) is 37.3 Å². The molecule has 1 saturated carbocycles. The van der Waals surface area contributed by atoms with Crippen molar-refractivity contribution in [1.29, 1.82) is 0 Å². The first kappa shape index (κ1) is 13.4. The highest BCUT2D eigenvalue weighted by molar-refractivity contribution is 6.20. The molecule has 3 atom stereocenters. The zero-order chi connectivity index (χ0) is 13.2. The van der Waals surface area contributed by atoms with Crippen LogP contribution in [0.25, 0.3) is 0 Å². The molecule has 1 aromatic rings. The maximum Gasteiger partial charge on any atom is 0.314 e. The molecule has 98 valence electrons. The van der Waals surface area contributed by atoms with E-state index in [1.807, 2.05) is 37.3 Å². The van der Waals surface area contributed by atoms with Gasteiger partial charge < -0.3 is 5.11 Å². The third kappa shape index (κ3) is 2.39. The molecule has 2 rings (SSSR count). The molecule has 18 heavy (non-hydrogen) atoms. The molecule has 0 bridgehead atoms. The van der Waals surface area contributed by atoms with E-state index in [0.717, 1.165) is 31.2 Å². The van der Waals surface area contributed by atoms with Crippen LogP contribution in [0.3, 0.4) is 0 Å². The van der Waals surface area contributed by atoms with Gasteiger partial charge in [-0.2, -0.15) is 0 Å². The first-order valence-corrected chi connectivity index (χ1v) is 6.91. The Bertz CT molecular complexity index is 418. The summed E-state index contributed by atoms with van der Waals surface area (Å²) >= 11 is 6.22. The normalized spacial score (nSPS) is 27.4. The minimum absolute atomic E-state index is 0.117. The predicted octanol–water partition coefficient (Wildman–Crippen LogP) is 3.83. The number of carbonyl (C=O) groups is 1. The summed E-state index contributed by atoms with van der Waals surface area (Å²) in [6.07, 6.45) is 3.76. The van der Waals surface area contributed by atoms with Crippen LogP contribution in [0.1, 0.15) is 38.2 Å². The van der Waals surface area contributed by atoms with Crippen LogP contribution in [0, 0.1) is 5.92 Å². The average molecular weight is 267 g/mol. The molecule has 1 fully saturated rings. The number of benzene rings is 1. The Morgan fingerprint density at radius 1 is 1.33 bits per heavy atom. The fraction of sp³-hybridized carbons (Fsp3) is 0.533. The molecule has 0 aliphatic heterocycles. The number of carboxylic acids is 1. The van der Waals surface area contributed by atoms with Crippen molar-refractivity contribution >= 4 is 17.6 Å². The minimum atomic E-state index is -0.825. The molecule has 0 heterocycles. The highest BCUT2D eigenvalue weighted by Crippen LogP contribution is 2.42. The van der Waals surface area contributed by atoms with Gasteiger partial charge in [0.2, 0.25) is 0 Å². The van der Waals surface area contributed by atoms with Crippen LogP contribution in [0.2, 0.25) is 0 Å². The second-order valence-corrected chi connectivity index (χ2v) is 5.95. The van der Waals surface area contributed by atoms with E-state index in [-0.39, 0.29) is 11.3 Å². The Morgan fingerprint density at radius 2 is 2.00 bits per heavy atom. The third-order valence-corrected chi connectivity index (χ3v) is 4.64. The summed E-state index contributed by atoms with van der Waals surface area (Å²) in [6.45, 7) is 1.84. The molecule has 0 saturated heterocycles. The summed E-state index contributed by atoms with van der Waals surface area (Å²) in [4.78, 5) is 11.8. The van der Waals surface area contributed by atoms with Gasteiger partial charge in [-0.05, 0) is 37.7 Å². The van der Waals surface area contributed by atoms with Crippen molar-refractivity contribution in [3.63, 3.8) is 0 Å². The molecular formula is C15H19ClO2. The van der Waals surface area contributed by atoms with Gasteiger partial charge in [0.05, 0.1) is 5.41 Å². The van der Waals surface area contributed by atoms with E-state index >= 15 is 0 Å². The van der Waals surface area contributed by atoms with E-state index in [2.05, 4.69) is 0 Å². The standard InChI is InChI=1S/C15H19ClO2/c1-15(14(17)18,11-6-3-2-4-7-11)12-8-5-9-13(16)10-12/h2-4,6-7,12-13H,5,8-10H2,1H3,(H,17,18). The van der Waals surface area contributed by atoms with Gasteiger partial charge in [-0.25, -0.2) is 0 Å². The zero-order valence-corrected chi connectivity index (χ0v) is 11.4. The second-order valence-electron chi connectivity index (χ2n) is 5.33.